The van der Waals surface area contributed by atoms with E-state index in [1.165, 1.54) is 71.9 Å². The van der Waals surface area contributed by atoms with E-state index in [1.54, 1.807) is 12.1 Å². The van der Waals surface area contributed by atoms with Crippen molar-refractivity contribution in [3.05, 3.63) is 178 Å². The van der Waals surface area contributed by atoms with Crippen LogP contribution in [0.3, 0.4) is 0 Å². The fourth-order valence-corrected chi connectivity index (χ4v) is 9.74. The third kappa shape index (κ3) is 5.40. The molecular weight excluding hydrogens is 657 g/mol. The predicted molar refractivity (Wildman–Crippen MR) is 231 cm³/mol. The minimum Gasteiger partial charge on any atom is -0.311 e. The summed E-state index contributed by atoms with van der Waals surface area (Å²) in [5.41, 5.74) is 22.8. The van der Waals surface area contributed by atoms with Gasteiger partial charge >= 0.3 is 0 Å². The second-order valence-electron chi connectivity index (χ2n) is 15.6. The summed E-state index contributed by atoms with van der Waals surface area (Å²) >= 11 is 0. The van der Waals surface area contributed by atoms with Gasteiger partial charge in [0, 0.05) is 34.1 Å². The van der Waals surface area contributed by atoms with E-state index in [0.29, 0.717) is 0 Å². The van der Waals surface area contributed by atoms with E-state index in [9.17, 15) is 0 Å². The molecule has 2 heterocycles. The molecule has 262 valence electrons. The van der Waals surface area contributed by atoms with Crippen LogP contribution in [0.15, 0.2) is 133 Å². The van der Waals surface area contributed by atoms with Crippen LogP contribution in [-0.2, 0) is 0 Å². The third-order valence-corrected chi connectivity index (χ3v) is 11.6. The van der Waals surface area contributed by atoms with Crippen molar-refractivity contribution < 1.29 is 4.39 Å². The van der Waals surface area contributed by atoms with Crippen molar-refractivity contribution in [2.24, 2.45) is 0 Å². The summed E-state index contributed by atoms with van der Waals surface area (Å²) in [5.74, 6) is -0.243. The van der Waals surface area contributed by atoms with Gasteiger partial charge in [0.2, 0.25) is 13.4 Å². The maximum absolute atomic E-state index is 15.6. The van der Waals surface area contributed by atoms with Crippen molar-refractivity contribution in [3.63, 3.8) is 0 Å². The van der Waals surface area contributed by atoms with E-state index in [2.05, 4.69) is 167 Å². The van der Waals surface area contributed by atoms with E-state index in [4.69, 9.17) is 0 Å². The fourth-order valence-electron chi connectivity index (χ4n) is 9.74. The van der Waals surface area contributed by atoms with Gasteiger partial charge in [0.15, 0.2) is 0 Å². The molecule has 0 unspecified atom stereocenters. The van der Waals surface area contributed by atoms with Crippen molar-refractivity contribution in [1.29, 1.82) is 0 Å². The van der Waals surface area contributed by atoms with Crippen LogP contribution in [-0.4, -0.2) is 13.4 Å². The van der Waals surface area contributed by atoms with Gasteiger partial charge in [0.25, 0.3) is 0 Å². The number of fused-ring (bicyclic) bond motifs is 4. The Morgan fingerprint density at radius 2 is 0.815 bits per heavy atom. The van der Waals surface area contributed by atoms with Crippen LogP contribution in [0.5, 0.6) is 0 Å². The summed E-state index contributed by atoms with van der Waals surface area (Å²) in [6, 6.07) is 47.7. The van der Waals surface area contributed by atoms with Gasteiger partial charge in [-0.15, -0.1) is 0 Å². The van der Waals surface area contributed by atoms with Gasteiger partial charge in [0.1, 0.15) is 5.82 Å². The second kappa shape index (κ2) is 13.0. The number of hydrogen-bond acceptors (Lipinski definition) is 2. The van der Waals surface area contributed by atoms with Crippen molar-refractivity contribution in [3.8, 4) is 0 Å². The normalized spacial score (nSPS) is 13.0. The molecule has 7 aromatic carbocycles. The number of anilines is 6. The maximum atomic E-state index is 15.6. The molecule has 0 fully saturated rings. The Kier molecular flexibility index (Phi) is 8.15. The van der Waals surface area contributed by atoms with Gasteiger partial charge in [-0.25, -0.2) is 4.39 Å². The Morgan fingerprint density at radius 1 is 0.370 bits per heavy atom. The minimum atomic E-state index is -0.243. The molecule has 0 bridgehead atoms. The zero-order chi connectivity index (χ0) is 37.4. The summed E-state index contributed by atoms with van der Waals surface area (Å²) in [5, 5.41) is 0. The molecule has 0 N–H and O–H groups in total. The number of hydrogen-bond donors (Lipinski definition) is 0. The van der Waals surface area contributed by atoms with Crippen LogP contribution in [0.25, 0.3) is 0 Å². The zero-order valence-corrected chi connectivity index (χ0v) is 32.1. The summed E-state index contributed by atoms with van der Waals surface area (Å²) in [6.45, 7) is 15.5. The first kappa shape index (κ1) is 34.0. The molecule has 2 nitrogen and oxygen atoms in total. The third-order valence-electron chi connectivity index (χ3n) is 11.6. The van der Waals surface area contributed by atoms with Crippen LogP contribution < -0.4 is 42.6 Å². The lowest BCUT2D eigenvalue weighted by molar-refractivity contribution is 0.628. The molecule has 7 aromatic rings. The van der Waals surface area contributed by atoms with Gasteiger partial charge in [-0.3, -0.25) is 0 Å². The molecule has 0 aromatic heterocycles. The molecule has 0 aliphatic carbocycles. The van der Waals surface area contributed by atoms with Crippen molar-refractivity contribution in [1.82, 2.24) is 0 Å². The quantitative estimate of drug-likeness (QED) is 0.170. The van der Waals surface area contributed by atoms with Gasteiger partial charge in [-0.2, -0.15) is 0 Å². The Labute approximate surface area is 320 Å². The molecule has 0 radical (unpaired) electrons. The summed E-state index contributed by atoms with van der Waals surface area (Å²) in [4.78, 5) is 4.73. The van der Waals surface area contributed by atoms with Crippen molar-refractivity contribution in [2.45, 2.75) is 48.5 Å². The highest BCUT2D eigenvalue weighted by Gasteiger charge is 2.42. The SMILES string of the molecule is Cc1cc(C)c(B2c3cc(C)ccc3N(c3ccccc3)c3cc4c(cc32)B(c2c(C)cc(C)cc2C)c2ccc(F)cc2N4c2ccccc2)c(C)c1. The van der Waals surface area contributed by atoms with Crippen LogP contribution in [0.4, 0.5) is 38.5 Å². The summed E-state index contributed by atoms with van der Waals surface area (Å²) < 4.78 is 15.6. The zero-order valence-electron chi connectivity index (χ0n) is 32.1. The van der Waals surface area contributed by atoms with E-state index >= 15 is 4.39 Å². The van der Waals surface area contributed by atoms with Gasteiger partial charge in [-0.1, -0.05) is 135 Å². The molecule has 0 saturated carbocycles. The smallest absolute Gasteiger partial charge is 0.247 e. The average molecular weight is 701 g/mol. The van der Waals surface area contributed by atoms with E-state index in [1.807, 2.05) is 12.1 Å². The number of nitrogens with zero attached hydrogens (tertiary/aromatic N) is 2. The van der Waals surface area contributed by atoms with Crippen LogP contribution in [0.2, 0.25) is 0 Å². The highest BCUT2D eigenvalue weighted by molar-refractivity contribution is 7.01. The Bertz CT molecular complexity index is 2570. The van der Waals surface area contributed by atoms with E-state index < -0.39 is 0 Å². The standard InChI is InChI=1S/C49H43B2FN2/c1-30-18-21-44-41(26-30)51(49-35(6)24-32(3)25-36(49)7)43-28-42-47(29-46(43)53(44)38-14-10-8-11-15-38)54(39-16-12-9-13-17-39)45-27-37(52)19-20-40(45)50(42)48-33(4)22-31(2)23-34(48)5/h8-29H,1-7H3. The molecule has 0 amide bonds. The van der Waals surface area contributed by atoms with Crippen LogP contribution >= 0.6 is 0 Å². The number of rotatable bonds is 4. The topological polar surface area (TPSA) is 6.48 Å². The second-order valence-corrected chi connectivity index (χ2v) is 15.6. The van der Waals surface area contributed by atoms with Crippen LogP contribution in [0, 0.1) is 54.3 Å². The number of para-hydroxylation sites is 2. The lowest BCUT2D eigenvalue weighted by atomic mass is 9.30. The molecule has 9 rings (SSSR count). The number of halogens is 1. The average Bonchev–Trinajstić information content (AvgIpc) is 3.13. The van der Waals surface area contributed by atoms with Gasteiger partial charge in [0.05, 0.1) is 0 Å². The molecule has 0 spiro atoms. The Morgan fingerprint density at radius 3 is 1.33 bits per heavy atom. The minimum absolute atomic E-state index is 0.00131. The molecule has 5 heteroatoms. The molecule has 0 atom stereocenters. The Balaban J connectivity index is 1.45. The Hall–Kier alpha value is -5.80. The van der Waals surface area contributed by atoms with Gasteiger partial charge < -0.3 is 9.80 Å². The van der Waals surface area contributed by atoms with Crippen molar-refractivity contribution in [2.75, 3.05) is 9.80 Å². The fraction of sp³-hybridized carbons (Fsp3) is 0.143. The lowest BCUT2D eigenvalue weighted by Gasteiger charge is -2.42. The molecule has 2 aliphatic rings. The van der Waals surface area contributed by atoms with E-state index in [0.717, 1.165) is 33.9 Å². The molecule has 54 heavy (non-hydrogen) atoms. The first-order valence-electron chi connectivity index (χ1n) is 19.0. The lowest BCUT2D eigenvalue weighted by Crippen LogP contribution is -2.63. The highest BCUT2D eigenvalue weighted by Crippen LogP contribution is 2.42. The monoisotopic (exact) mass is 700 g/mol. The largest absolute Gasteiger partial charge is 0.311 e. The van der Waals surface area contributed by atoms with Gasteiger partial charge in [-0.05, 0) is 119 Å². The predicted octanol–water partition coefficient (Wildman–Crippen LogP) is 8.58. The molecule has 2 aliphatic heterocycles. The molecular formula is C49H43B2FN2. The number of aryl methyl sites for hydroxylation is 7. The van der Waals surface area contributed by atoms with Crippen molar-refractivity contribution >= 4 is 80.3 Å². The summed E-state index contributed by atoms with van der Waals surface area (Å²) in [6.07, 6.45) is 0. The van der Waals surface area contributed by atoms with E-state index in [-0.39, 0.29) is 19.2 Å². The molecule has 0 saturated heterocycles. The first-order chi connectivity index (χ1) is 26.1. The first-order valence-corrected chi connectivity index (χ1v) is 19.0. The van der Waals surface area contributed by atoms with Crippen LogP contribution in [0.1, 0.15) is 38.9 Å². The maximum Gasteiger partial charge on any atom is 0.247 e. The highest BCUT2D eigenvalue weighted by atomic mass is 19.1. The summed E-state index contributed by atoms with van der Waals surface area (Å²) in [7, 11) is 0. The number of benzene rings is 7.